The van der Waals surface area contributed by atoms with Gasteiger partial charge in [0, 0.05) is 13.2 Å². The molecule has 0 amide bonds. The zero-order chi connectivity index (χ0) is 8.81. The van der Waals surface area contributed by atoms with Gasteiger partial charge >= 0.3 is 0 Å². The average Bonchev–Trinajstić information content (AvgIpc) is 2.46. The minimum absolute atomic E-state index is 0.208. The lowest BCUT2D eigenvalue weighted by Crippen LogP contribution is -2.25. The van der Waals surface area contributed by atoms with Crippen molar-refractivity contribution < 1.29 is 9.94 Å². The summed E-state index contributed by atoms with van der Waals surface area (Å²) in [7, 11) is 0. The van der Waals surface area contributed by atoms with Gasteiger partial charge in [0.25, 0.3) is 0 Å². The van der Waals surface area contributed by atoms with Crippen LogP contribution < -0.4 is 0 Å². The Bertz CT molecular complexity index is 189. The molecule has 0 spiro atoms. The van der Waals surface area contributed by atoms with Crippen molar-refractivity contribution >= 4 is 5.84 Å². The molecular formula is C8H14N2O2. The van der Waals surface area contributed by atoms with Crippen LogP contribution in [-0.2, 0) is 4.84 Å². The van der Waals surface area contributed by atoms with Crippen molar-refractivity contribution in [1.82, 2.24) is 4.90 Å². The Morgan fingerprint density at radius 1 is 1.67 bits per heavy atom. The molecule has 0 aromatic rings. The van der Waals surface area contributed by atoms with E-state index in [1.54, 1.807) is 0 Å². The number of aliphatic hydroxyl groups excluding tert-OH is 1. The van der Waals surface area contributed by atoms with E-state index in [-0.39, 0.29) is 6.61 Å². The van der Waals surface area contributed by atoms with Crippen LogP contribution in [0.3, 0.4) is 0 Å². The number of aliphatic hydroxyl groups is 1. The molecule has 0 saturated carbocycles. The van der Waals surface area contributed by atoms with Crippen LogP contribution in [-0.4, -0.2) is 35.7 Å². The zero-order valence-electron chi connectivity index (χ0n) is 7.23. The molecule has 1 heterocycles. The summed E-state index contributed by atoms with van der Waals surface area (Å²) in [6.45, 7) is 3.46. The van der Waals surface area contributed by atoms with Gasteiger partial charge < -0.3 is 14.8 Å². The van der Waals surface area contributed by atoms with Crippen LogP contribution in [0.5, 0.6) is 0 Å². The van der Waals surface area contributed by atoms with Crippen LogP contribution in [0.25, 0.3) is 0 Å². The van der Waals surface area contributed by atoms with E-state index in [9.17, 15) is 0 Å². The van der Waals surface area contributed by atoms with Crippen LogP contribution in [0.2, 0.25) is 0 Å². The van der Waals surface area contributed by atoms with Crippen LogP contribution in [0.4, 0.5) is 0 Å². The Morgan fingerprint density at radius 3 is 3.08 bits per heavy atom. The second-order valence-electron chi connectivity index (χ2n) is 2.60. The maximum absolute atomic E-state index is 8.50. The molecule has 68 valence electrons. The summed E-state index contributed by atoms with van der Waals surface area (Å²) >= 11 is 0. The van der Waals surface area contributed by atoms with E-state index in [0.717, 1.165) is 12.4 Å². The number of rotatable bonds is 4. The van der Waals surface area contributed by atoms with Crippen molar-refractivity contribution in [1.29, 1.82) is 0 Å². The smallest absolute Gasteiger partial charge is 0.191 e. The van der Waals surface area contributed by atoms with Gasteiger partial charge in [-0.05, 0) is 13.3 Å². The van der Waals surface area contributed by atoms with Crippen LogP contribution >= 0.6 is 0 Å². The molecule has 0 aliphatic carbocycles. The first-order chi connectivity index (χ1) is 5.84. The van der Waals surface area contributed by atoms with Gasteiger partial charge in [-0.1, -0.05) is 17.3 Å². The minimum atomic E-state index is 0.208. The van der Waals surface area contributed by atoms with Crippen molar-refractivity contribution in [3.05, 3.63) is 12.2 Å². The zero-order valence-corrected chi connectivity index (χ0v) is 7.23. The Kier molecular flexibility index (Phi) is 3.60. The molecule has 0 bridgehead atoms. The maximum Gasteiger partial charge on any atom is 0.191 e. The van der Waals surface area contributed by atoms with Crippen LogP contribution in [0.15, 0.2) is 17.3 Å². The van der Waals surface area contributed by atoms with Crippen molar-refractivity contribution in [3.8, 4) is 0 Å². The third-order valence-electron chi connectivity index (χ3n) is 1.66. The Labute approximate surface area is 72.1 Å². The molecule has 1 N–H and O–H groups in total. The molecule has 4 heteroatoms. The first kappa shape index (κ1) is 9.06. The number of hydrogen-bond donors (Lipinski definition) is 1. The molecule has 0 aromatic carbocycles. The van der Waals surface area contributed by atoms with Gasteiger partial charge in [0.15, 0.2) is 6.73 Å². The van der Waals surface area contributed by atoms with E-state index in [1.165, 1.54) is 0 Å². The summed E-state index contributed by atoms with van der Waals surface area (Å²) in [6, 6.07) is 0. The molecule has 0 atom stereocenters. The number of amidine groups is 1. The van der Waals surface area contributed by atoms with Crippen molar-refractivity contribution in [3.63, 3.8) is 0 Å². The summed E-state index contributed by atoms with van der Waals surface area (Å²) < 4.78 is 0. The molecule has 12 heavy (non-hydrogen) atoms. The van der Waals surface area contributed by atoms with E-state index in [2.05, 4.69) is 5.16 Å². The Balaban J connectivity index is 2.19. The van der Waals surface area contributed by atoms with Crippen molar-refractivity contribution in [2.75, 3.05) is 19.9 Å². The summed E-state index contributed by atoms with van der Waals surface area (Å²) in [5, 5.41) is 12.3. The molecule has 1 rings (SSSR count). The van der Waals surface area contributed by atoms with Gasteiger partial charge in [0.05, 0.1) is 0 Å². The van der Waals surface area contributed by atoms with Gasteiger partial charge in [-0.15, -0.1) is 0 Å². The average molecular weight is 170 g/mol. The van der Waals surface area contributed by atoms with Crippen molar-refractivity contribution in [2.45, 2.75) is 13.3 Å². The lowest BCUT2D eigenvalue weighted by molar-refractivity contribution is 0.114. The normalized spacial score (nSPS) is 16.8. The molecule has 0 fully saturated rings. The van der Waals surface area contributed by atoms with Gasteiger partial charge in [0.2, 0.25) is 0 Å². The van der Waals surface area contributed by atoms with Gasteiger partial charge in [0.1, 0.15) is 5.84 Å². The highest BCUT2D eigenvalue weighted by atomic mass is 16.7. The molecule has 1 aliphatic heterocycles. The van der Waals surface area contributed by atoms with Crippen molar-refractivity contribution in [2.24, 2.45) is 5.16 Å². The number of nitrogens with zero attached hydrogens (tertiary/aromatic N) is 2. The molecule has 1 aliphatic rings. The van der Waals surface area contributed by atoms with Gasteiger partial charge in [-0.25, -0.2) is 0 Å². The molecule has 0 radical (unpaired) electrons. The predicted molar refractivity (Wildman–Crippen MR) is 46.6 cm³/mol. The fourth-order valence-corrected chi connectivity index (χ4v) is 0.922. The molecule has 4 nitrogen and oxygen atoms in total. The minimum Gasteiger partial charge on any atom is -0.396 e. The van der Waals surface area contributed by atoms with Gasteiger partial charge in [-0.3, -0.25) is 0 Å². The lowest BCUT2D eigenvalue weighted by Gasteiger charge is -2.11. The predicted octanol–water partition coefficient (Wildman–Crippen LogP) is 0.548. The van der Waals surface area contributed by atoms with Gasteiger partial charge in [-0.2, -0.15) is 0 Å². The highest BCUT2D eigenvalue weighted by Crippen LogP contribution is 2.01. The quantitative estimate of drug-likeness (QED) is 0.626. The van der Waals surface area contributed by atoms with E-state index >= 15 is 0 Å². The second-order valence-corrected chi connectivity index (χ2v) is 2.60. The fraction of sp³-hybridized carbons (Fsp3) is 0.625. The summed E-state index contributed by atoms with van der Waals surface area (Å²) in [4.78, 5) is 6.86. The molecular weight excluding hydrogens is 156 g/mol. The van der Waals surface area contributed by atoms with E-state index in [0.29, 0.717) is 13.2 Å². The van der Waals surface area contributed by atoms with E-state index in [4.69, 9.17) is 9.94 Å². The third-order valence-corrected chi connectivity index (χ3v) is 1.66. The second kappa shape index (κ2) is 4.77. The molecule has 0 aromatic heterocycles. The first-order valence-electron chi connectivity index (χ1n) is 4.02. The number of hydrogen-bond acceptors (Lipinski definition) is 4. The highest BCUT2D eigenvalue weighted by Gasteiger charge is 2.11. The maximum atomic E-state index is 8.50. The monoisotopic (exact) mass is 170 g/mol. The topological polar surface area (TPSA) is 45.1 Å². The summed E-state index contributed by atoms with van der Waals surface area (Å²) in [5.74, 6) is 0.906. The van der Waals surface area contributed by atoms with Crippen LogP contribution in [0, 0.1) is 0 Å². The molecule has 0 unspecified atom stereocenters. The lowest BCUT2D eigenvalue weighted by atomic mass is 10.4. The fourth-order valence-electron chi connectivity index (χ4n) is 0.922. The number of oxime groups is 1. The first-order valence-corrected chi connectivity index (χ1v) is 4.02. The largest absolute Gasteiger partial charge is 0.396 e. The summed E-state index contributed by atoms with van der Waals surface area (Å²) in [6.07, 6.45) is 4.67. The Hall–Kier alpha value is -1.03. The van der Waals surface area contributed by atoms with E-state index < -0.39 is 0 Å². The van der Waals surface area contributed by atoms with E-state index in [1.807, 2.05) is 24.0 Å². The SMILES string of the molecule is CC1=NOCN1CC=CCCO. The highest BCUT2D eigenvalue weighted by molar-refractivity contribution is 5.79. The third kappa shape index (κ3) is 2.54. The Morgan fingerprint density at radius 2 is 2.50 bits per heavy atom. The summed E-state index contributed by atoms with van der Waals surface area (Å²) in [5.41, 5.74) is 0. The molecule has 0 saturated heterocycles. The van der Waals surface area contributed by atoms with Crippen LogP contribution in [0.1, 0.15) is 13.3 Å². The standard InChI is InChI=1S/C8H14N2O2/c1-8-9-12-7-10(8)5-3-2-4-6-11/h2-3,11H,4-7H2,1H3.